The third-order valence-electron chi connectivity index (χ3n) is 3.14. The van der Waals surface area contributed by atoms with E-state index < -0.39 is 0 Å². The monoisotopic (exact) mass is 302 g/mol. The molecule has 0 aliphatic rings. The highest BCUT2D eigenvalue weighted by atomic mass is 32.1. The molecule has 0 radical (unpaired) electrons. The van der Waals surface area contributed by atoms with Crippen LogP contribution in [0.25, 0.3) is 0 Å². The molecule has 6 heteroatoms. The molecule has 0 aliphatic heterocycles. The lowest BCUT2D eigenvalue weighted by Crippen LogP contribution is -2.05. The molecule has 3 aromatic rings. The van der Waals surface area contributed by atoms with E-state index in [9.17, 15) is 4.39 Å². The Bertz CT molecular complexity index is 735. The summed E-state index contributed by atoms with van der Waals surface area (Å²) in [5.41, 5.74) is 0.953. The molecule has 0 saturated heterocycles. The van der Waals surface area contributed by atoms with Gasteiger partial charge in [-0.2, -0.15) is 0 Å². The van der Waals surface area contributed by atoms with Gasteiger partial charge in [-0.05, 0) is 17.7 Å². The lowest BCUT2D eigenvalue weighted by Gasteiger charge is -2.02. The van der Waals surface area contributed by atoms with Crippen molar-refractivity contribution in [3.63, 3.8) is 0 Å². The third kappa shape index (κ3) is 3.46. The van der Waals surface area contributed by atoms with Gasteiger partial charge in [0.2, 0.25) is 0 Å². The van der Waals surface area contributed by atoms with Crippen LogP contribution in [0.3, 0.4) is 0 Å². The maximum absolute atomic E-state index is 13.2. The van der Waals surface area contributed by atoms with E-state index in [1.165, 1.54) is 6.07 Å². The second-order valence-corrected chi connectivity index (χ2v) is 5.86. The molecule has 3 rings (SSSR count). The summed E-state index contributed by atoms with van der Waals surface area (Å²) in [5, 5.41) is 4.11. The summed E-state index contributed by atoms with van der Waals surface area (Å²) in [5.74, 6) is 0.752. The molecule has 0 fully saturated rings. The quantitative estimate of drug-likeness (QED) is 0.787. The van der Waals surface area contributed by atoms with E-state index in [-0.39, 0.29) is 5.82 Å². The number of nitrogens with zero attached hydrogens (tertiary/aromatic N) is 3. The van der Waals surface area contributed by atoms with Gasteiger partial charge in [0.25, 0.3) is 0 Å². The number of aryl methyl sites for hydroxylation is 1. The van der Waals surface area contributed by atoms with Gasteiger partial charge in [-0.15, -0.1) is 11.3 Å². The fraction of sp³-hybridized carbons (Fsp3) is 0.200. The zero-order valence-electron chi connectivity index (χ0n) is 11.6. The van der Waals surface area contributed by atoms with Crippen LogP contribution in [0.2, 0.25) is 0 Å². The predicted molar refractivity (Wildman–Crippen MR) is 81.9 cm³/mol. The molecule has 0 amide bonds. The van der Waals surface area contributed by atoms with E-state index in [2.05, 4.69) is 15.3 Å². The van der Waals surface area contributed by atoms with Crippen LogP contribution in [-0.2, 0) is 20.0 Å². The van der Waals surface area contributed by atoms with Crippen LogP contribution in [0.15, 0.2) is 42.9 Å². The van der Waals surface area contributed by atoms with Gasteiger partial charge >= 0.3 is 0 Å². The number of thiazole rings is 1. The van der Waals surface area contributed by atoms with Crippen molar-refractivity contribution in [3.05, 3.63) is 64.9 Å². The standard InChI is InChI=1S/C15H15FN4S/c1-20-6-5-17-14(20)10-19-15-18-9-13(21-15)8-11-3-2-4-12(16)7-11/h2-7,9H,8,10H2,1H3,(H,18,19). The Morgan fingerprint density at radius 2 is 2.24 bits per heavy atom. The number of imidazole rings is 1. The van der Waals surface area contributed by atoms with Gasteiger partial charge in [0.05, 0.1) is 6.54 Å². The van der Waals surface area contributed by atoms with E-state index in [1.807, 2.05) is 30.1 Å². The van der Waals surface area contributed by atoms with Gasteiger partial charge in [0.1, 0.15) is 11.6 Å². The molecule has 0 spiro atoms. The molecular weight excluding hydrogens is 287 g/mol. The fourth-order valence-corrected chi connectivity index (χ4v) is 2.88. The SMILES string of the molecule is Cn1ccnc1CNc1ncc(Cc2cccc(F)c2)s1. The van der Waals surface area contributed by atoms with Crippen molar-refractivity contribution in [1.82, 2.24) is 14.5 Å². The number of hydrogen-bond acceptors (Lipinski definition) is 4. The fourth-order valence-electron chi connectivity index (χ4n) is 2.04. The Morgan fingerprint density at radius 3 is 3.00 bits per heavy atom. The van der Waals surface area contributed by atoms with Gasteiger partial charge in [0, 0.05) is 36.9 Å². The first-order chi connectivity index (χ1) is 10.2. The van der Waals surface area contributed by atoms with Crippen molar-refractivity contribution in [2.24, 2.45) is 7.05 Å². The molecule has 1 N–H and O–H groups in total. The average molecular weight is 302 g/mol. The van der Waals surface area contributed by atoms with Crippen molar-refractivity contribution in [3.8, 4) is 0 Å². The number of halogens is 1. The van der Waals surface area contributed by atoms with Crippen molar-refractivity contribution in [1.29, 1.82) is 0 Å². The molecule has 0 unspecified atom stereocenters. The van der Waals surface area contributed by atoms with Crippen LogP contribution < -0.4 is 5.32 Å². The Labute approximate surface area is 126 Å². The summed E-state index contributed by atoms with van der Waals surface area (Å²) in [6, 6.07) is 6.66. The third-order valence-corrected chi connectivity index (χ3v) is 4.09. The van der Waals surface area contributed by atoms with E-state index in [1.54, 1.807) is 29.7 Å². The first-order valence-electron chi connectivity index (χ1n) is 6.60. The highest BCUT2D eigenvalue weighted by Gasteiger charge is 2.05. The van der Waals surface area contributed by atoms with Crippen LogP contribution in [-0.4, -0.2) is 14.5 Å². The zero-order chi connectivity index (χ0) is 14.7. The van der Waals surface area contributed by atoms with Crippen LogP contribution in [0.5, 0.6) is 0 Å². The van der Waals surface area contributed by atoms with Crippen LogP contribution in [0, 0.1) is 5.82 Å². The van der Waals surface area contributed by atoms with Crippen molar-refractivity contribution >= 4 is 16.5 Å². The Balaban J connectivity index is 1.62. The Morgan fingerprint density at radius 1 is 1.33 bits per heavy atom. The minimum Gasteiger partial charge on any atom is -0.354 e. The summed E-state index contributed by atoms with van der Waals surface area (Å²) in [6.07, 6.45) is 6.21. The minimum absolute atomic E-state index is 0.204. The van der Waals surface area contributed by atoms with Gasteiger partial charge in [0.15, 0.2) is 5.13 Å². The van der Waals surface area contributed by atoms with E-state index in [4.69, 9.17) is 0 Å². The normalized spacial score (nSPS) is 10.8. The molecule has 0 atom stereocenters. The minimum atomic E-state index is -0.204. The van der Waals surface area contributed by atoms with Gasteiger partial charge < -0.3 is 9.88 Å². The molecule has 0 saturated carbocycles. The molecule has 108 valence electrons. The lowest BCUT2D eigenvalue weighted by atomic mass is 10.1. The highest BCUT2D eigenvalue weighted by molar-refractivity contribution is 7.15. The van der Waals surface area contributed by atoms with E-state index in [0.717, 1.165) is 21.4 Å². The summed E-state index contributed by atoms with van der Waals surface area (Å²) in [7, 11) is 1.96. The molecule has 4 nitrogen and oxygen atoms in total. The van der Waals surface area contributed by atoms with Gasteiger partial charge in [-0.3, -0.25) is 0 Å². The van der Waals surface area contributed by atoms with Crippen LogP contribution in [0.1, 0.15) is 16.3 Å². The van der Waals surface area contributed by atoms with Crippen LogP contribution >= 0.6 is 11.3 Å². The van der Waals surface area contributed by atoms with Crippen molar-refractivity contribution in [2.75, 3.05) is 5.32 Å². The maximum Gasteiger partial charge on any atom is 0.183 e. The average Bonchev–Trinajstić information content (AvgIpc) is 3.06. The highest BCUT2D eigenvalue weighted by Crippen LogP contribution is 2.21. The zero-order valence-corrected chi connectivity index (χ0v) is 12.4. The largest absolute Gasteiger partial charge is 0.354 e. The predicted octanol–water partition coefficient (Wildman–Crippen LogP) is 3.22. The molecule has 1 aromatic carbocycles. The Hall–Kier alpha value is -2.21. The van der Waals surface area contributed by atoms with Gasteiger partial charge in [-0.1, -0.05) is 12.1 Å². The summed E-state index contributed by atoms with van der Waals surface area (Å²) < 4.78 is 15.1. The van der Waals surface area contributed by atoms with E-state index in [0.29, 0.717) is 13.0 Å². The summed E-state index contributed by atoms with van der Waals surface area (Å²) >= 11 is 1.58. The first kappa shape index (κ1) is 13.8. The number of rotatable bonds is 5. The Kier molecular flexibility index (Phi) is 3.96. The number of hydrogen-bond donors (Lipinski definition) is 1. The van der Waals surface area contributed by atoms with Gasteiger partial charge in [-0.25, -0.2) is 14.4 Å². The molecule has 21 heavy (non-hydrogen) atoms. The van der Waals surface area contributed by atoms with Crippen molar-refractivity contribution < 1.29 is 4.39 Å². The number of benzene rings is 1. The molecular formula is C15H15FN4S. The van der Waals surface area contributed by atoms with Crippen LogP contribution in [0.4, 0.5) is 9.52 Å². The lowest BCUT2D eigenvalue weighted by molar-refractivity contribution is 0.626. The van der Waals surface area contributed by atoms with E-state index >= 15 is 0 Å². The maximum atomic E-state index is 13.2. The number of aromatic nitrogens is 3. The molecule has 0 aliphatic carbocycles. The van der Waals surface area contributed by atoms with Crippen molar-refractivity contribution in [2.45, 2.75) is 13.0 Å². The molecule has 2 aromatic heterocycles. The number of anilines is 1. The molecule has 2 heterocycles. The summed E-state index contributed by atoms with van der Waals surface area (Å²) in [6.45, 7) is 0.635. The number of nitrogens with one attached hydrogen (secondary N) is 1. The topological polar surface area (TPSA) is 42.7 Å². The first-order valence-corrected chi connectivity index (χ1v) is 7.41. The molecule has 0 bridgehead atoms. The second kappa shape index (κ2) is 6.05. The smallest absolute Gasteiger partial charge is 0.183 e. The second-order valence-electron chi connectivity index (χ2n) is 4.75. The summed E-state index contributed by atoms with van der Waals surface area (Å²) in [4.78, 5) is 9.69.